The largest absolute Gasteiger partial charge is 0.293 e. The van der Waals surface area contributed by atoms with Crippen LogP contribution in [0.2, 0.25) is 0 Å². The van der Waals surface area contributed by atoms with Gasteiger partial charge >= 0.3 is 0 Å². The minimum atomic E-state index is 0.000508. The number of carbonyl (C=O) groups is 1. The van der Waals surface area contributed by atoms with Gasteiger partial charge in [-0.2, -0.15) is 5.10 Å². The maximum absolute atomic E-state index is 12.2. The Labute approximate surface area is 122 Å². The predicted molar refractivity (Wildman–Crippen MR) is 82.9 cm³/mol. The van der Waals surface area contributed by atoms with Crippen molar-refractivity contribution in [3.05, 3.63) is 21.9 Å². The van der Waals surface area contributed by atoms with Gasteiger partial charge in [-0.25, -0.2) is 0 Å². The standard InChI is InChI=1S/C13H17N3OS2/c1-5-15-12(17)11(19-13(15)18)7-10-8(3)14-16(6-2)9(10)4/h7H,5-6H2,1-4H3/b11-7-. The molecule has 1 aliphatic heterocycles. The number of amides is 1. The normalized spacial score (nSPS) is 17.9. The number of aromatic nitrogens is 2. The minimum absolute atomic E-state index is 0.000508. The molecule has 0 saturated carbocycles. The lowest BCUT2D eigenvalue weighted by Gasteiger charge is -2.09. The number of rotatable bonds is 3. The van der Waals surface area contributed by atoms with Crippen molar-refractivity contribution < 1.29 is 4.79 Å². The van der Waals surface area contributed by atoms with Crippen LogP contribution in [-0.2, 0) is 11.3 Å². The third kappa shape index (κ3) is 2.47. The average molecular weight is 295 g/mol. The summed E-state index contributed by atoms with van der Waals surface area (Å²) in [6, 6.07) is 0. The molecule has 0 aliphatic carbocycles. The first kappa shape index (κ1) is 14.3. The van der Waals surface area contributed by atoms with Crippen molar-refractivity contribution in [1.29, 1.82) is 0 Å². The maximum atomic E-state index is 12.2. The van der Waals surface area contributed by atoms with Gasteiger partial charge in [-0.05, 0) is 33.8 Å². The van der Waals surface area contributed by atoms with E-state index in [1.807, 2.05) is 31.5 Å². The zero-order valence-electron chi connectivity index (χ0n) is 11.6. The van der Waals surface area contributed by atoms with E-state index in [1.165, 1.54) is 11.8 Å². The van der Waals surface area contributed by atoms with Crippen molar-refractivity contribution in [2.45, 2.75) is 34.2 Å². The van der Waals surface area contributed by atoms with E-state index in [4.69, 9.17) is 12.2 Å². The molecule has 6 heteroatoms. The molecule has 0 aromatic carbocycles. The van der Waals surface area contributed by atoms with Gasteiger partial charge in [-0.15, -0.1) is 0 Å². The van der Waals surface area contributed by atoms with Crippen molar-refractivity contribution in [3.63, 3.8) is 0 Å². The van der Waals surface area contributed by atoms with Crippen LogP contribution in [0.15, 0.2) is 4.91 Å². The molecule has 0 radical (unpaired) electrons. The third-order valence-corrected chi connectivity index (χ3v) is 4.58. The van der Waals surface area contributed by atoms with Crippen molar-refractivity contribution in [1.82, 2.24) is 14.7 Å². The van der Waals surface area contributed by atoms with Gasteiger partial charge in [0.25, 0.3) is 5.91 Å². The fourth-order valence-corrected chi connectivity index (χ4v) is 3.50. The van der Waals surface area contributed by atoms with Gasteiger partial charge in [0.05, 0.1) is 10.6 Å². The summed E-state index contributed by atoms with van der Waals surface area (Å²) in [5.74, 6) is 0.000508. The molecule has 0 bridgehead atoms. The zero-order valence-corrected chi connectivity index (χ0v) is 13.2. The molecule has 0 N–H and O–H groups in total. The van der Waals surface area contributed by atoms with Gasteiger partial charge in [-0.1, -0.05) is 24.0 Å². The van der Waals surface area contributed by atoms with Crippen LogP contribution in [0, 0.1) is 13.8 Å². The van der Waals surface area contributed by atoms with Crippen molar-refractivity contribution in [2.75, 3.05) is 6.54 Å². The second-order valence-corrected chi connectivity index (χ2v) is 6.00. The van der Waals surface area contributed by atoms with Crippen LogP contribution in [0.25, 0.3) is 6.08 Å². The molecule has 1 aliphatic rings. The number of aryl methyl sites for hydroxylation is 2. The SMILES string of the molecule is CCN1C(=O)/C(=C/c2c(C)nn(CC)c2C)SC1=S. The van der Waals surface area contributed by atoms with Crippen molar-refractivity contribution >= 4 is 40.3 Å². The summed E-state index contributed by atoms with van der Waals surface area (Å²) >= 11 is 6.58. The lowest BCUT2D eigenvalue weighted by Crippen LogP contribution is -2.27. The van der Waals surface area contributed by atoms with Crippen LogP contribution in [-0.4, -0.2) is 31.5 Å². The highest BCUT2D eigenvalue weighted by Crippen LogP contribution is 2.33. The molecule has 4 nitrogen and oxygen atoms in total. The molecule has 1 amide bonds. The van der Waals surface area contributed by atoms with Crippen molar-refractivity contribution in [3.8, 4) is 0 Å². The van der Waals surface area contributed by atoms with E-state index in [9.17, 15) is 4.79 Å². The second kappa shape index (κ2) is 5.46. The van der Waals surface area contributed by atoms with E-state index >= 15 is 0 Å². The Balaban J connectivity index is 2.40. The summed E-state index contributed by atoms with van der Waals surface area (Å²) in [4.78, 5) is 14.5. The summed E-state index contributed by atoms with van der Waals surface area (Å²) in [5, 5.41) is 4.46. The molecular formula is C13H17N3OS2. The lowest BCUT2D eigenvalue weighted by molar-refractivity contribution is -0.121. The molecule has 19 heavy (non-hydrogen) atoms. The minimum Gasteiger partial charge on any atom is -0.293 e. The fraction of sp³-hybridized carbons (Fsp3) is 0.462. The van der Waals surface area contributed by atoms with Gasteiger partial charge < -0.3 is 0 Å². The quantitative estimate of drug-likeness (QED) is 0.635. The molecule has 2 rings (SSSR count). The van der Waals surface area contributed by atoms with Crippen LogP contribution in [0.5, 0.6) is 0 Å². The molecule has 0 unspecified atom stereocenters. The molecule has 1 fully saturated rings. The van der Waals surface area contributed by atoms with E-state index in [0.29, 0.717) is 15.8 Å². The fourth-order valence-electron chi connectivity index (χ4n) is 2.13. The molecule has 102 valence electrons. The number of thiocarbonyl (C=S) groups is 1. The predicted octanol–water partition coefficient (Wildman–Crippen LogP) is 2.74. The van der Waals surface area contributed by atoms with Gasteiger partial charge in [0.2, 0.25) is 0 Å². The Morgan fingerprint density at radius 1 is 1.32 bits per heavy atom. The Morgan fingerprint density at radius 3 is 2.47 bits per heavy atom. The summed E-state index contributed by atoms with van der Waals surface area (Å²) in [6.45, 7) is 9.42. The van der Waals surface area contributed by atoms with Gasteiger partial charge in [-0.3, -0.25) is 14.4 Å². The van der Waals surface area contributed by atoms with Crippen LogP contribution in [0.1, 0.15) is 30.8 Å². The van der Waals surface area contributed by atoms with Crippen LogP contribution < -0.4 is 0 Å². The second-order valence-electron chi connectivity index (χ2n) is 4.33. The van der Waals surface area contributed by atoms with E-state index < -0.39 is 0 Å². The molecule has 0 spiro atoms. The first-order chi connectivity index (χ1) is 8.99. The Morgan fingerprint density at radius 2 is 2.00 bits per heavy atom. The monoisotopic (exact) mass is 295 g/mol. The van der Waals surface area contributed by atoms with Gasteiger partial charge in [0, 0.05) is 24.3 Å². The molecule has 1 aromatic rings. The first-order valence-electron chi connectivity index (χ1n) is 6.28. The first-order valence-corrected chi connectivity index (χ1v) is 7.51. The van der Waals surface area contributed by atoms with Crippen molar-refractivity contribution in [2.24, 2.45) is 0 Å². The Bertz CT molecular complexity index is 575. The lowest BCUT2D eigenvalue weighted by atomic mass is 10.2. The molecule has 2 heterocycles. The van der Waals surface area contributed by atoms with E-state index in [0.717, 1.165) is 23.5 Å². The molecule has 0 atom stereocenters. The van der Waals surface area contributed by atoms with E-state index in [2.05, 4.69) is 12.0 Å². The summed E-state index contributed by atoms with van der Waals surface area (Å²) in [7, 11) is 0. The third-order valence-electron chi connectivity index (χ3n) is 3.20. The summed E-state index contributed by atoms with van der Waals surface area (Å²) < 4.78 is 2.58. The average Bonchev–Trinajstić information content (AvgIpc) is 2.80. The zero-order chi connectivity index (χ0) is 14.2. The Hall–Kier alpha value is -1.14. The number of nitrogens with zero attached hydrogens (tertiary/aromatic N) is 3. The Kier molecular flexibility index (Phi) is 4.10. The number of likely N-dealkylation sites (N-methyl/N-ethyl adjacent to an activating group) is 1. The number of carbonyl (C=O) groups excluding carboxylic acids is 1. The van der Waals surface area contributed by atoms with Gasteiger partial charge in [0.15, 0.2) is 0 Å². The molecular weight excluding hydrogens is 278 g/mol. The van der Waals surface area contributed by atoms with Crippen LogP contribution in [0.4, 0.5) is 0 Å². The number of hydrogen-bond donors (Lipinski definition) is 0. The van der Waals surface area contributed by atoms with Crippen LogP contribution in [0.3, 0.4) is 0 Å². The highest BCUT2D eigenvalue weighted by atomic mass is 32.2. The maximum Gasteiger partial charge on any atom is 0.266 e. The highest BCUT2D eigenvalue weighted by molar-refractivity contribution is 8.26. The van der Waals surface area contributed by atoms with Gasteiger partial charge in [0.1, 0.15) is 4.32 Å². The van der Waals surface area contributed by atoms with E-state index in [1.54, 1.807) is 4.90 Å². The summed E-state index contributed by atoms with van der Waals surface area (Å²) in [5.41, 5.74) is 3.06. The number of thioether (sulfide) groups is 1. The molecule has 1 saturated heterocycles. The molecule has 1 aromatic heterocycles. The topological polar surface area (TPSA) is 38.1 Å². The highest BCUT2D eigenvalue weighted by Gasteiger charge is 2.31. The smallest absolute Gasteiger partial charge is 0.266 e. The van der Waals surface area contributed by atoms with Crippen LogP contribution >= 0.6 is 24.0 Å². The number of hydrogen-bond acceptors (Lipinski definition) is 4. The van der Waals surface area contributed by atoms with E-state index in [-0.39, 0.29) is 5.91 Å². The summed E-state index contributed by atoms with van der Waals surface area (Å²) in [6.07, 6.45) is 1.92.